The molecule has 92 valence electrons. The topological polar surface area (TPSA) is 46.3 Å². The Hall–Kier alpha value is -1.35. The van der Waals surface area contributed by atoms with E-state index in [1.165, 1.54) is 5.56 Å². The average Bonchev–Trinajstić information content (AvgIpc) is 2.75. The van der Waals surface area contributed by atoms with Gasteiger partial charge in [0.2, 0.25) is 0 Å². The monoisotopic (exact) mass is 232 g/mol. The molecule has 1 aromatic rings. The second-order valence-corrected chi connectivity index (χ2v) is 5.08. The zero-order valence-corrected chi connectivity index (χ0v) is 10.5. The summed E-state index contributed by atoms with van der Waals surface area (Å²) in [5, 5.41) is 0. The first-order chi connectivity index (χ1) is 8.08. The molecule has 1 heterocycles. The van der Waals surface area contributed by atoms with Crippen LogP contribution in [0.1, 0.15) is 42.1 Å². The van der Waals surface area contributed by atoms with E-state index in [2.05, 4.69) is 13.8 Å². The van der Waals surface area contributed by atoms with Gasteiger partial charge in [-0.25, -0.2) is 0 Å². The van der Waals surface area contributed by atoms with Gasteiger partial charge in [-0.3, -0.25) is 4.79 Å². The van der Waals surface area contributed by atoms with E-state index < -0.39 is 0 Å². The SMILES string of the molecule is CC(C)c1ccc(C(=O)N2CC[C@@H](N)C2)cc1. The summed E-state index contributed by atoms with van der Waals surface area (Å²) in [6, 6.07) is 8.05. The lowest BCUT2D eigenvalue weighted by Gasteiger charge is -2.16. The summed E-state index contributed by atoms with van der Waals surface area (Å²) in [6.07, 6.45) is 0.913. The third-order valence-corrected chi connectivity index (χ3v) is 3.34. The largest absolute Gasteiger partial charge is 0.337 e. The number of benzene rings is 1. The minimum atomic E-state index is 0.105. The highest BCUT2D eigenvalue weighted by molar-refractivity contribution is 5.94. The van der Waals surface area contributed by atoms with Crippen molar-refractivity contribution in [3.8, 4) is 0 Å². The molecule has 0 radical (unpaired) electrons. The second-order valence-electron chi connectivity index (χ2n) is 5.08. The van der Waals surface area contributed by atoms with Crippen molar-refractivity contribution in [2.24, 2.45) is 5.73 Å². The predicted octanol–water partition coefficient (Wildman–Crippen LogP) is 1.98. The molecule has 0 spiro atoms. The van der Waals surface area contributed by atoms with Gasteiger partial charge in [0, 0.05) is 24.7 Å². The first-order valence-electron chi connectivity index (χ1n) is 6.22. The number of hydrogen-bond acceptors (Lipinski definition) is 2. The molecule has 1 aromatic carbocycles. The molecule has 1 aliphatic rings. The van der Waals surface area contributed by atoms with Crippen LogP contribution in [0.4, 0.5) is 0 Å². The van der Waals surface area contributed by atoms with Crippen molar-refractivity contribution in [2.45, 2.75) is 32.2 Å². The number of carbonyl (C=O) groups excluding carboxylic acids is 1. The van der Waals surface area contributed by atoms with E-state index in [9.17, 15) is 4.79 Å². The average molecular weight is 232 g/mol. The highest BCUT2D eigenvalue weighted by Crippen LogP contribution is 2.17. The predicted molar refractivity (Wildman–Crippen MR) is 69.0 cm³/mol. The van der Waals surface area contributed by atoms with Crippen molar-refractivity contribution in [3.63, 3.8) is 0 Å². The van der Waals surface area contributed by atoms with Gasteiger partial charge >= 0.3 is 0 Å². The van der Waals surface area contributed by atoms with E-state index >= 15 is 0 Å². The van der Waals surface area contributed by atoms with Crippen molar-refractivity contribution in [3.05, 3.63) is 35.4 Å². The number of hydrogen-bond donors (Lipinski definition) is 1. The normalized spacial score (nSPS) is 20.0. The molecule has 0 aromatic heterocycles. The van der Waals surface area contributed by atoms with Gasteiger partial charge in [0.05, 0.1) is 0 Å². The summed E-state index contributed by atoms with van der Waals surface area (Å²) in [5.41, 5.74) is 7.84. The maximum atomic E-state index is 12.1. The van der Waals surface area contributed by atoms with Crippen LogP contribution in [0.15, 0.2) is 24.3 Å². The summed E-state index contributed by atoms with van der Waals surface area (Å²) in [7, 11) is 0. The summed E-state index contributed by atoms with van der Waals surface area (Å²) in [6.45, 7) is 5.77. The molecular formula is C14H20N2O. The standard InChI is InChI=1S/C14H20N2O/c1-10(2)11-3-5-12(6-4-11)14(17)16-8-7-13(15)9-16/h3-6,10,13H,7-9,15H2,1-2H3/t13-/m1/s1. The molecule has 1 fully saturated rings. The molecule has 1 saturated heterocycles. The Labute approximate surface area is 103 Å². The van der Waals surface area contributed by atoms with Crippen molar-refractivity contribution in [1.82, 2.24) is 4.90 Å². The zero-order valence-electron chi connectivity index (χ0n) is 10.5. The van der Waals surface area contributed by atoms with Gasteiger partial charge in [0.25, 0.3) is 5.91 Å². The maximum absolute atomic E-state index is 12.1. The fourth-order valence-electron chi connectivity index (χ4n) is 2.16. The quantitative estimate of drug-likeness (QED) is 0.847. The molecule has 1 amide bonds. The third kappa shape index (κ3) is 2.67. The fourth-order valence-corrected chi connectivity index (χ4v) is 2.16. The van der Waals surface area contributed by atoms with E-state index in [0.717, 1.165) is 18.5 Å². The number of likely N-dealkylation sites (tertiary alicyclic amines) is 1. The Morgan fingerprint density at radius 2 is 2.00 bits per heavy atom. The minimum Gasteiger partial charge on any atom is -0.337 e. The lowest BCUT2D eigenvalue weighted by Crippen LogP contribution is -2.31. The van der Waals surface area contributed by atoms with Gasteiger partial charge < -0.3 is 10.6 Å². The van der Waals surface area contributed by atoms with Gasteiger partial charge in [0.15, 0.2) is 0 Å². The first-order valence-corrected chi connectivity index (χ1v) is 6.22. The fraction of sp³-hybridized carbons (Fsp3) is 0.500. The number of carbonyl (C=O) groups is 1. The zero-order chi connectivity index (χ0) is 12.4. The molecule has 0 saturated carbocycles. The highest BCUT2D eigenvalue weighted by atomic mass is 16.2. The van der Waals surface area contributed by atoms with Gasteiger partial charge in [-0.05, 0) is 30.0 Å². The molecular weight excluding hydrogens is 212 g/mol. The smallest absolute Gasteiger partial charge is 0.253 e. The maximum Gasteiger partial charge on any atom is 0.253 e. The summed E-state index contributed by atoms with van der Waals surface area (Å²) >= 11 is 0. The number of nitrogens with zero attached hydrogens (tertiary/aromatic N) is 1. The van der Waals surface area contributed by atoms with Crippen LogP contribution in [-0.4, -0.2) is 29.9 Å². The Morgan fingerprint density at radius 3 is 2.47 bits per heavy atom. The van der Waals surface area contributed by atoms with Crippen molar-refractivity contribution < 1.29 is 4.79 Å². The molecule has 3 heteroatoms. The van der Waals surface area contributed by atoms with Crippen molar-refractivity contribution in [2.75, 3.05) is 13.1 Å². The molecule has 17 heavy (non-hydrogen) atoms. The van der Waals surface area contributed by atoms with E-state index in [-0.39, 0.29) is 11.9 Å². The Balaban J connectivity index is 2.09. The van der Waals surface area contributed by atoms with E-state index in [1.807, 2.05) is 29.2 Å². The molecule has 1 aliphatic heterocycles. The van der Waals surface area contributed by atoms with Gasteiger partial charge in [-0.15, -0.1) is 0 Å². The van der Waals surface area contributed by atoms with Crippen LogP contribution >= 0.6 is 0 Å². The lowest BCUT2D eigenvalue weighted by molar-refractivity contribution is 0.0791. The van der Waals surface area contributed by atoms with Gasteiger partial charge in [0.1, 0.15) is 0 Å². The number of amides is 1. The van der Waals surface area contributed by atoms with E-state index in [1.54, 1.807) is 0 Å². The molecule has 0 bridgehead atoms. The van der Waals surface area contributed by atoms with Crippen LogP contribution in [0.2, 0.25) is 0 Å². The first kappa shape index (κ1) is 12.1. The van der Waals surface area contributed by atoms with Crippen LogP contribution in [0, 0.1) is 0 Å². The Bertz CT molecular complexity index is 397. The number of nitrogens with two attached hydrogens (primary N) is 1. The Morgan fingerprint density at radius 1 is 1.35 bits per heavy atom. The van der Waals surface area contributed by atoms with Crippen molar-refractivity contribution >= 4 is 5.91 Å². The van der Waals surface area contributed by atoms with E-state index in [0.29, 0.717) is 12.5 Å². The van der Waals surface area contributed by atoms with Crippen LogP contribution in [0.25, 0.3) is 0 Å². The summed E-state index contributed by atoms with van der Waals surface area (Å²) < 4.78 is 0. The molecule has 2 rings (SSSR count). The van der Waals surface area contributed by atoms with Crippen LogP contribution in [0.3, 0.4) is 0 Å². The highest BCUT2D eigenvalue weighted by Gasteiger charge is 2.24. The van der Waals surface area contributed by atoms with Gasteiger partial charge in [-0.2, -0.15) is 0 Å². The molecule has 1 atom stereocenters. The van der Waals surface area contributed by atoms with Gasteiger partial charge in [-0.1, -0.05) is 26.0 Å². The van der Waals surface area contributed by atoms with Crippen LogP contribution < -0.4 is 5.73 Å². The third-order valence-electron chi connectivity index (χ3n) is 3.34. The molecule has 3 nitrogen and oxygen atoms in total. The lowest BCUT2D eigenvalue weighted by atomic mass is 10.0. The Kier molecular flexibility index (Phi) is 3.48. The molecule has 0 unspecified atom stereocenters. The molecule has 2 N–H and O–H groups in total. The number of rotatable bonds is 2. The second kappa shape index (κ2) is 4.88. The van der Waals surface area contributed by atoms with E-state index in [4.69, 9.17) is 5.73 Å². The minimum absolute atomic E-state index is 0.105. The van der Waals surface area contributed by atoms with Crippen molar-refractivity contribution in [1.29, 1.82) is 0 Å². The summed E-state index contributed by atoms with van der Waals surface area (Å²) in [4.78, 5) is 14.0. The van der Waals surface area contributed by atoms with Crippen LogP contribution in [0.5, 0.6) is 0 Å². The van der Waals surface area contributed by atoms with Crippen LogP contribution in [-0.2, 0) is 0 Å². The molecule has 0 aliphatic carbocycles. The summed E-state index contributed by atoms with van der Waals surface area (Å²) in [5.74, 6) is 0.604.